The molecule has 0 saturated carbocycles. The first-order chi connectivity index (χ1) is 6.31. The molecule has 2 aromatic rings. The second-order valence-corrected chi connectivity index (χ2v) is 3.11. The number of hydrogen-bond donors (Lipinski definition) is 1. The summed E-state index contributed by atoms with van der Waals surface area (Å²) in [6, 6.07) is 1.42. The molecule has 0 unspecified atom stereocenters. The molecule has 0 aliphatic carbocycles. The van der Waals surface area contributed by atoms with E-state index in [0.29, 0.717) is 16.3 Å². The molecule has 0 saturated heterocycles. The Morgan fingerprint density at radius 2 is 2.31 bits per heavy atom. The minimum absolute atomic E-state index is 0.140. The first-order valence-electron chi connectivity index (χ1n) is 3.57. The van der Waals surface area contributed by atoms with Crippen LogP contribution in [0.25, 0.3) is 11.2 Å². The first-order valence-corrected chi connectivity index (χ1v) is 4.80. The van der Waals surface area contributed by atoms with Crippen molar-refractivity contribution < 1.29 is 0 Å². The van der Waals surface area contributed by atoms with E-state index in [1.807, 2.05) is 6.26 Å². The third kappa shape index (κ3) is 1.40. The van der Waals surface area contributed by atoms with Crippen molar-refractivity contribution in [2.75, 3.05) is 6.26 Å². The average Bonchev–Trinajstić information content (AvgIpc) is 2.18. The number of pyridine rings is 1. The van der Waals surface area contributed by atoms with Gasteiger partial charge in [0.1, 0.15) is 0 Å². The van der Waals surface area contributed by atoms with Gasteiger partial charge in [-0.1, -0.05) is 11.8 Å². The summed E-state index contributed by atoms with van der Waals surface area (Å²) in [6.45, 7) is 0. The van der Waals surface area contributed by atoms with Crippen molar-refractivity contribution in [2.45, 2.75) is 5.16 Å². The van der Waals surface area contributed by atoms with Crippen LogP contribution in [0.15, 0.2) is 22.2 Å². The van der Waals surface area contributed by atoms with Crippen LogP contribution >= 0.6 is 11.8 Å². The lowest BCUT2D eigenvalue weighted by Gasteiger charge is -1.95. The summed E-state index contributed by atoms with van der Waals surface area (Å²) in [5.74, 6) is 0. The molecule has 0 radical (unpaired) electrons. The van der Waals surface area contributed by atoms with Crippen molar-refractivity contribution in [3.8, 4) is 0 Å². The summed E-state index contributed by atoms with van der Waals surface area (Å²) in [5, 5.41) is 8.13. The van der Waals surface area contributed by atoms with E-state index in [2.05, 4.69) is 20.2 Å². The molecule has 6 heteroatoms. The number of nitrogens with one attached hydrogen (secondary N) is 1. The molecule has 5 nitrogen and oxygen atoms in total. The molecule has 13 heavy (non-hydrogen) atoms. The number of rotatable bonds is 1. The Hall–Kier alpha value is -1.43. The Morgan fingerprint density at radius 1 is 1.46 bits per heavy atom. The minimum Gasteiger partial charge on any atom is -0.343 e. The Bertz CT molecular complexity index is 495. The van der Waals surface area contributed by atoms with Gasteiger partial charge in [0.15, 0.2) is 11.2 Å². The van der Waals surface area contributed by atoms with Crippen molar-refractivity contribution in [3.63, 3.8) is 0 Å². The predicted octanol–water partition coefficient (Wildman–Crippen LogP) is 0.435. The van der Waals surface area contributed by atoms with Crippen LogP contribution in [0.2, 0.25) is 0 Å². The van der Waals surface area contributed by atoms with Gasteiger partial charge in [-0.2, -0.15) is 0 Å². The number of H-pyrrole nitrogens is 1. The summed E-state index contributed by atoms with van der Waals surface area (Å²) in [4.78, 5) is 18.1. The monoisotopic (exact) mass is 194 g/mol. The van der Waals surface area contributed by atoms with Crippen LogP contribution in [-0.2, 0) is 0 Å². The molecule has 2 rings (SSSR count). The van der Waals surface area contributed by atoms with Crippen LogP contribution in [0.1, 0.15) is 0 Å². The maximum atomic E-state index is 11.3. The second-order valence-electron chi connectivity index (χ2n) is 2.34. The molecule has 1 N–H and O–H groups in total. The van der Waals surface area contributed by atoms with Crippen LogP contribution in [0.3, 0.4) is 0 Å². The summed E-state index contributed by atoms with van der Waals surface area (Å²) in [5.41, 5.74) is 0.617. The van der Waals surface area contributed by atoms with E-state index in [4.69, 9.17) is 0 Å². The largest absolute Gasteiger partial charge is 0.343 e. The van der Waals surface area contributed by atoms with E-state index in [-0.39, 0.29) is 5.43 Å². The number of fused-ring (bicyclic) bond motifs is 1. The molecule has 0 spiro atoms. The highest BCUT2D eigenvalue weighted by atomic mass is 32.2. The van der Waals surface area contributed by atoms with Gasteiger partial charge in [-0.25, -0.2) is 4.98 Å². The second kappa shape index (κ2) is 3.14. The highest BCUT2D eigenvalue weighted by Crippen LogP contribution is 2.07. The Balaban J connectivity index is 2.82. The van der Waals surface area contributed by atoms with E-state index >= 15 is 0 Å². The molecule has 2 heterocycles. The normalized spacial score (nSPS) is 10.5. The van der Waals surface area contributed by atoms with Gasteiger partial charge in [0.25, 0.3) is 0 Å². The summed E-state index contributed by atoms with van der Waals surface area (Å²) in [6.07, 6.45) is 3.36. The molecule has 0 aliphatic heterocycles. The maximum absolute atomic E-state index is 11.3. The van der Waals surface area contributed by atoms with Crippen LogP contribution in [0.5, 0.6) is 0 Å². The molecule has 0 fully saturated rings. The summed E-state index contributed by atoms with van der Waals surface area (Å²) in [7, 11) is 0. The smallest absolute Gasteiger partial charge is 0.209 e. The summed E-state index contributed by atoms with van der Waals surface area (Å²) < 4.78 is 0. The van der Waals surface area contributed by atoms with Gasteiger partial charge in [0, 0.05) is 12.3 Å². The van der Waals surface area contributed by atoms with Crippen molar-refractivity contribution in [1.82, 2.24) is 20.2 Å². The molecule has 2 aromatic heterocycles. The van der Waals surface area contributed by atoms with Crippen molar-refractivity contribution >= 4 is 22.9 Å². The van der Waals surface area contributed by atoms with Crippen LogP contribution < -0.4 is 5.43 Å². The van der Waals surface area contributed by atoms with Crippen molar-refractivity contribution in [3.05, 3.63) is 22.5 Å². The van der Waals surface area contributed by atoms with Crippen molar-refractivity contribution in [2.24, 2.45) is 0 Å². The van der Waals surface area contributed by atoms with Crippen LogP contribution in [0.4, 0.5) is 0 Å². The van der Waals surface area contributed by atoms with E-state index in [9.17, 15) is 4.79 Å². The predicted molar refractivity (Wildman–Crippen MR) is 49.7 cm³/mol. The van der Waals surface area contributed by atoms with Crippen LogP contribution in [-0.4, -0.2) is 26.4 Å². The third-order valence-electron chi connectivity index (χ3n) is 1.54. The van der Waals surface area contributed by atoms with E-state index < -0.39 is 0 Å². The first kappa shape index (κ1) is 8.18. The average molecular weight is 194 g/mol. The fraction of sp³-hybridized carbons (Fsp3) is 0.143. The third-order valence-corrected chi connectivity index (χ3v) is 2.08. The van der Waals surface area contributed by atoms with Gasteiger partial charge in [-0.3, -0.25) is 4.79 Å². The lowest BCUT2D eigenvalue weighted by Crippen LogP contribution is -2.05. The standard InChI is InChI=1S/C7H6N4OS/c1-13-7-9-5-4(12)2-3-8-6(5)10-11-7/h2-3H,1H3,(H,8,10,12). The lowest BCUT2D eigenvalue weighted by atomic mass is 10.4. The number of nitrogens with zero attached hydrogens (tertiary/aromatic N) is 3. The highest BCUT2D eigenvalue weighted by molar-refractivity contribution is 7.98. The minimum atomic E-state index is -0.140. The fourth-order valence-electron chi connectivity index (χ4n) is 0.942. The zero-order valence-corrected chi connectivity index (χ0v) is 7.63. The molecular formula is C7H6N4OS. The number of aromatic nitrogens is 4. The van der Waals surface area contributed by atoms with Crippen molar-refractivity contribution in [1.29, 1.82) is 0 Å². The maximum Gasteiger partial charge on any atom is 0.209 e. The molecule has 0 bridgehead atoms. The van der Waals surface area contributed by atoms with Gasteiger partial charge in [-0.05, 0) is 6.26 Å². The zero-order valence-electron chi connectivity index (χ0n) is 6.81. The van der Waals surface area contributed by atoms with Gasteiger partial charge >= 0.3 is 0 Å². The van der Waals surface area contributed by atoms with Gasteiger partial charge in [-0.15, -0.1) is 10.2 Å². The number of hydrogen-bond acceptors (Lipinski definition) is 5. The van der Waals surface area contributed by atoms with E-state index in [0.717, 1.165) is 0 Å². The van der Waals surface area contributed by atoms with Gasteiger partial charge < -0.3 is 4.98 Å². The Kier molecular flexibility index (Phi) is 1.97. The number of thioether (sulfide) groups is 1. The Labute approximate surface area is 77.6 Å². The van der Waals surface area contributed by atoms with E-state index in [1.165, 1.54) is 24.0 Å². The lowest BCUT2D eigenvalue weighted by molar-refractivity contribution is 0.870. The van der Waals surface area contributed by atoms with Gasteiger partial charge in [0.2, 0.25) is 10.6 Å². The molecule has 0 amide bonds. The van der Waals surface area contributed by atoms with Crippen LogP contribution in [0, 0.1) is 0 Å². The number of aromatic amines is 1. The SMILES string of the molecule is CSc1nnc2[nH]ccc(=O)c2n1. The molecule has 0 atom stereocenters. The zero-order chi connectivity index (χ0) is 9.26. The summed E-state index contributed by atoms with van der Waals surface area (Å²) >= 11 is 1.35. The van der Waals surface area contributed by atoms with Gasteiger partial charge in [0.05, 0.1) is 0 Å². The molecular weight excluding hydrogens is 188 g/mol. The quantitative estimate of drug-likeness (QED) is 0.667. The molecule has 0 aromatic carbocycles. The highest BCUT2D eigenvalue weighted by Gasteiger charge is 2.02. The molecule has 0 aliphatic rings. The molecule has 66 valence electrons. The van der Waals surface area contributed by atoms with E-state index in [1.54, 1.807) is 0 Å². The fourth-order valence-corrected chi connectivity index (χ4v) is 1.25. The Morgan fingerprint density at radius 3 is 3.08 bits per heavy atom. The topological polar surface area (TPSA) is 71.5 Å².